The number of para-hydroxylation sites is 1. The topological polar surface area (TPSA) is 58.6 Å². The third-order valence-corrected chi connectivity index (χ3v) is 4.77. The average molecular weight is 397 g/mol. The van der Waals surface area contributed by atoms with Crippen LogP contribution in [0.15, 0.2) is 60.7 Å². The van der Waals surface area contributed by atoms with Crippen LogP contribution < -0.4 is 10.1 Å². The van der Waals surface area contributed by atoms with E-state index in [1.165, 1.54) is 0 Å². The Balaban J connectivity index is 1.96. The maximum atomic E-state index is 13.0. The fourth-order valence-electron chi connectivity index (χ4n) is 3.26. The van der Waals surface area contributed by atoms with Crippen molar-refractivity contribution in [2.24, 2.45) is 0 Å². The molecule has 0 heterocycles. The maximum Gasteiger partial charge on any atom is 0.242 e. The van der Waals surface area contributed by atoms with Crippen LogP contribution in [-0.2, 0) is 16.0 Å². The smallest absolute Gasteiger partial charge is 0.242 e. The van der Waals surface area contributed by atoms with Gasteiger partial charge in [-0.25, -0.2) is 0 Å². The van der Waals surface area contributed by atoms with Crippen LogP contribution in [0.1, 0.15) is 38.7 Å². The van der Waals surface area contributed by atoms with Gasteiger partial charge in [-0.2, -0.15) is 0 Å². The molecule has 1 atom stereocenters. The first kappa shape index (κ1) is 22.5. The van der Waals surface area contributed by atoms with Gasteiger partial charge < -0.3 is 15.0 Å². The van der Waals surface area contributed by atoms with Crippen LogP contribution in [0.2, 0.25) is 0 Å². The van der Waals surface area contributed by atoms with E-state index in [1.54, 1.807) is 4.90 Å². The lowest BCUT2D eigenvalue weighted by Gasteiger charge is -2.30. The van der Waals surface area contributed by atoms with Gasteiger partial charge in [0.05, 0.1) is 6.61 Å². The average Bonchev–Trinajstić information content (AvgIpc) is 2.75. The highest BCUT2D eigenvalue weighted by molar-refractivity contribution is 5.87. The van der Waals surface area contributed by atoms with Crippen LogP contribution in [0.25, 0.3) is 0 Å². The summed E-state index contributed by atoms with van der Waals surface area (Å²) in [4.78, 5) is 27.2. The summed E-state index contributed by atoms with van der Waals surface area (Å²) in [6.07, 6.45) is 2.29. The molecule has 2 amide bonds. The molecule has 5 nitrogen and oxygen atoms in total. The van der Waals surface area contributed by atoms with Gasteiger partial charge in [-0.05, 0) is 43.9 Å². The number of hydrogen-bond acceptors (Lipinski definition) is 3. The van der Waals surface area contributed by atoms with E-state index < -0.39 is 6.04 Å². The molecule has 29 heavy (non-hydrogen) atoms. The monoisotopic (exact) mass is 396 g/mol. The Hall–Kier alpha value is -2.82. The number of nitrogens with zero attached hydrogens (tertiary/aromatic N) is 1. The summed E-state index contributed by atoms with van der Waals surface area (Å²) >= 11 is 0. The molecular weight excluding hydrogens is 364 g/mol. The highest BCUT2D eigenvalue weighted by Gasteiger charge is 2.27. The zero-order chi connectivity index (χ0) is 20.9. The van der Waals surface area contributed by atoms with E-state index in [-0.39, 0.29) is 11.8 Å². The second-order valence-corrected chi connectivity index (χ2v) is 6.91. The summed E-state index contributed by atoms with van der Waals surface area (Å²) in [6, 6.07) is 19.2. The molecule has 2 aromatic carbocycles. The summed E-state index contributed by atoms with van der Waals surface area (Å²) in [7, 11) is 0. The first-order valence-electron chi connectivity index (χ1n) is 10.4. The molecule has 0 bridgehead atoms. The SMILES string of the molecule is CCNC(=O)[C@@H](CC)N(CCc1ccccc1)C(=O)CCCOc1ccccc1. The number of amides is 2. The molecule has 2 aromatic rings. The van der Waals surface area contributed by atoms with E-state index in [2.05, 4.69) is 5.32 Å². The van der Waals surface area contributed by atoms with Crippen molar-refractivity contribution in [1.29, 1.82) is 0 Å². The maximum absolute atomic E-state index is 13.0. The Kier molecular flexibility index (Phi) is 9.76. The normalized spacial score (nSPS) is 11.5. The number of likely N-dealkylation sites (N-methyl/N-ethyl adjacent to an activating group) is 1. The van der Waals surface area contributed by atoms with Crippen molar-refractivity contribution in [3.05, 3.63) is 66.2 Å². The van der Waals surface area contributed by atoms with Gasteiger partial charge in [-0.3, -0.25) is 9.59 Å². The molecule has 156 valence electrons. The van der Waals surface area contributed by atoms with Gasteiger partial charge in [0.15, 0.2) is 0 Å². The predicted octanol–water partition coefficient (Wildman–Crippen LogP) is 3.83. The third kappa shape index (κ3) is 7.60. The molecule has 0 saturated carbocycles. The van der Waals surface area contributed by atoms with Crippen molar-refractivity contribution in [3.8, 4) is 5.75 Å². The number of carbonyl (C=O) groups excluding carboxylic acids is 2. The molecule has 0 aliphatic rings. The van der Waals surface area contributed by atoms with Crippen molar-refractivity contribution < 1.29 is 14.3 Å². The summed E-state index contributed by atoms with van der Waals surface area (Å²) in [5.41, 5.74) is 1.16. The molecule has 0 spiro atoms. The van der Waals surface area contributed by atoms with Crippen molar-refractivity contribution in [3.63, 3.8) is 0 Å². The number of hydrogen-bond donors (Lipinski definition) is 1. The van der Waals surface area contributed by atoms with Crippen molar-refractivity contribution in [1.82, 2.24) is 10.2 Å². The molecule has 2 rings (SSSR count). The molecule has 0 radical (unpaired) electrons. The molecule has 0 unspecified atom stereocenters. The minimum absolute atomic E-state index is 0.00399. The summed E-state index contributed by atoms with van der Waals surface area (Å²) in [5, 5.41) is 2.86. The standard InChI is InChI=1S/C24H32N2O3/c1-3-22(24(28)25-4-2)26(18-17-20-12-7-5-8-13-20)23(27)16-11-19-29-21-14-9-6-10-15-21/h5-10,12-15,22H,3-4,11,16-19H2,1-2H3,(H,25,28)/t22-/m1/s1. The zero-order valence-corrected chi connectivity index (χ0v) is 17.5. The van der Waals surface area contributed by atoms with Crippen LogP contribution in [0.3, 0.4) is 0 Å². The lowest BCUT2D eigenvalue weighted by Crippen LogP contribution is -2.50. The number of benzene rings is 2. The Morgan fingerprint density at radius 2 is 1.66 bits per heavy atom. The molecule has 0 saturated heterocycles. The molecule has 0 fully saturated rings. The second kappa shape index (κ2) is 12.6. The largest absolute Gasteiger partial charge is 0.494 e. The first-order chi connectivity index (χ1) is 14.2. The molecular formula is C24H32N2O3. The van der Waals surface area contributed by atoms with Gasteiger partial charge in [-0.1, -0.05) is 55.5 Å². The third-order valence-electron chi connectivity index (χ3n) is 4.77. The molecule has 0 aromatic heterocycles. The Labute approximate surface area is 174 Å². The van der Waals surface area contributed by atoms with Crippen molar-refractivity contribution in [2.75, 3.05) is 19.7 Å². The van der Waals surface area contributed by atoms with E-state index >= 15 is 0 Å². The van der Waals surface area contributed by atoms with E-state index in [0.29, 0.717) is 39.0 Å². The quantitative estimate of drug-likeness (QED) is 0.555. The van der Waals surface area contributed by atoms with Gasteiger partial charge in [0.2, 0.25) is 11.8 Å². The summed E-state index contributed by atoms with van der Waals surface area (Å²) < 4.78 is 5.69. The van der Waals surface area contributed by atoms with Crippen LogP contribution >= 0.6 is 0 Å². The Morgan fingerprint density at radius 3 is 2.28 bits per heavy atom. The minimum Gasteiger partial charge on any atom is -0.494 e. The fraction of sp³-hybridized carbons (Fsp3) is 0.417. The highest BCUT2D eigenvalue weighted by Crippen LogP contribution is 2.13. The lowest BCUT2D eigenvalue weighted by atomic mass is 10.1. The van der Waals surface area contributed by atoms with Crippen LogP contribution in [0, 0.1) is 0 Å². The van der Waals surface area contributed by atoms with Gasteiger partial charge in [0, 0.05) is 19.5 Å². The Morgan fingerprint density at radius 1 is 1.00 bits per heavy atom. The molecule has 1 N–H and O–H groups in total. The Bertz CT molecular complexity index is 734. The van der Waals surface area contributed by atoms with E-state index in [9.17, 15) is 9.59 Å². The second-order valence-electron chi connectivity index (χ2n) is 6.91. The number of ether oxygens (including phenoxy) is 1. The fourth-order valence-corrected chi connectivity index (χ4v) is 3.26. The summed E-state index contributed by atoms with van der Waals surface area (Å²) in [5.74, 6) is 0.710. The highest BCUT2D eigenvalue weighted by atomic mass is 16.5. The van der Waals surface area contributed by atoms with Crippen molar-refractivity contribution in [2.45, 2.75) is 45.6 Å². The molecule has 0 aliphatic heterocycles. The van der Waals surface area contributed by atoms with Crippen LogP contribution in [-0.4, -0.2) is 42.5 Å². The van der Waals surface area contributed by atoms with Gasteiger partial charge in [0.1, 0.15) is 11.8 Å². The molecule has 5 heteroatoms. The summed E-state index contributed by atoms with van der Waals surface area (Å²) in [6.45, 7) is 5.39. The van der Waals surface area contributed by atoms with Gasteiger partial charge >= 0.3 is 0 Å². The van der Waals surface area contributed by atoms with Crippen molar-refractivity contribution >= 4 is 11.8 Å². The number of nitrogens with one attached hydrogen (secondary N) is 1. The van der Waals surface area contributed by atoms with Crippen LogP contribution in [0.4, 0.5) is 0 Å². The lowest BCUT2D eigenvalue weighted by molar-refractivity contribution is -0.140. The van der Waals surface area contributed by atoms with E-state index in [1.807, 2.05) is 74.5 Å². The molecule has 0 aliphatic carbocycles. The van der Waals surface area contributed by atoms with Gasteiger partial charge in [0.25, 0.3) is 0 Å². The van der Waals surface area contributed by atoms with Gasteiger partial charge in [-0.15, -0.1) is 0 Å². The predicted molar refractivity (Wildman–Crippen MR) is 116 cm³/mol. The van der Waals surface area contributed by atoms with Crippen LogP contribution in [0.5, 0.6) is 5.75 Å². The number of carbonyl (C=O) groups is 2. The minimum atomic E-state index is -0.443. The zero-order valence-electron chi connectivity index (χ0n) is 17.5. The first-order valence-corrected chi connectivity index (χ1v) is 10.4. The van der Waals surface area contributed by atoms with E-state index in [4.69, 9.17) is 4.74 Å². The number of rotatable bonds is 12. The van der Waals surface area contributed by atoms with E-state index in [0.717, 1.165) is 17.7 Å².